The second-order valence-electron chi connectivity index (χ2n) is 4.42. The van der Waals surface area contributed by atoms with Crippen molar-refractivity contribution in [1.82, 2.24) is 0 Å². The quantitative estimate of drug-likeness (QED) is 0.796. The molecule has 1 aromatic carbocycles. The van der Waals surface area contributed by atoms with Crippen molar-refractivity contribution in [1.29, 1.82) is 0 Å². The second kappa shape index (κ2) is 6.28. The number of anilines is 1. The molecule has 0 aliphatic heterocycles. The van der Waals surface area contributed by atoms with Gasteiger partial charge >= 0.3 is 5.97 Å². The number of nitrogens with one attached hydrogen (secondary N) is 1. The number of carbonyl (C=O) groups excluding carboxylic acids is 1. The third kappa shape index (κ3) is 3.77. The molecule has 3 nitrogen and oxygen atoms in total. The molecule has 0 aliphatic rings. The van der Waals surface area contributed by atoms with Crippen molar-refractivity contribution in [2.75, 3.05) is 19.0 Å². The molecule has 1 rings (SSSR count). The lowest BCUT2D eigenvalue weighted by Gasteiger charge is -2.14. The molecule has 17 heavy (non-hydrogen) atoms. The van der Waals surface area contributed by atoms with E-state index >= 15 is 0 Å². The zero-order valence-electron chi connectivity index (χ0n) is 11.0. The number of aryl methyl sites for hydroxylation is 1. The van der Waals surface area contributed by atoms with E-state index in [0.29, 0.717) is 11.5 Å². The van der Waals surface area contributed by atoms with Crippen LogP contribution in [0.25, 0.3) is 0 Å². The monoisotopic (exact) mass is 235 g/mol. The zero-order valence-corrected chi connectivity index (χ0v) is 11.0. The van der Waals surface area contributed by atoms with E-state index in [1.165, 1.54) is 7.11 Å². The van der Waals surface area contributed by atoms with Gasteiger partial charge in [-0.2, -0.15) is 0 Å². The lowest BCUT2D eigenvalue weighted by Crippen LogP contribution is -2.11. The molecule has 0 amide bonds. The topological polar surface area (TPSA) is 38.3 Å². The van der Waals surface area contributed by atoms with E-state index in [2.05, 4.69) is 23.9 Å². The van der Waals surface area contributed by atoms with E-state index in [-0.39, 0.29) is 5.97 Å². The van der Waals surface area contributed by atoms with Crippen molar-refractivity contribution in [3.8, 4) is 0 Å². The van der Waals surface area contributed by atoms with Gasteiger partial charge < -0.3 is 10.1 Å². The van der Waals surface area contributed by atoms with E-state index in [9.17, 15) is 4.79 Å². The Labute approximate surface area is 103 Å². The van der Waals surface area contributed by atoms with Crippen LogP contribution >= 0.6 is 0 Å². The third-order valence-electron chi connectivity index (χ3n) is 2.99. The second-order valence-corrected chi connectivity index (χ2v) is 4.42. The third-order valence-corrected chi connectivity index (χ3v) is 2.99. The molecule has 0 spiro atoms. The smallest absolute Gasteiger partial charge is 0.337 e. The zero-order chi connectivity index (χ0) is 12.8. The van der Waals surface area contributed by atoms with Gasteiger partial charge in [-0.05, 0) is 36.6 Å². The highest BCUT2D eigenvalue weighted by molar-refractivity contribution is 5.90. The molecule has 0 fully saturated rings. The Balaban J connectivity index is 2.73. The van der Waals surface area contributed by atoms with Crippen molar-refractivity contribution in [3.63, 3.8) is 0 Å². The molecule has 0 heterocycles. The highest BCUT2D eigenvalue weighted by atomic mass is 16.5. The molecule has 0 aliphatic carbocycles. The standard InChI is InChI=1S/C14H21NO2/c1-5-10(2)9-15-13-7-6-12(8-11(13)3)14(16)17-4/h6-8,10,15H,5,9H2,1-4H3. The van der Waals surface area contributed by atoms with Crippen LogP contribution < -0.4 is 5.32 Å². The van der Waals surface area contributed by atoms with Crippen molar-refractivity contribution < 1.29 is 9.53 Å². The maximum atomic E-state index is 11.3. The Morgan fingerprint density at radius 1 is 1.47 bits per heavy atom. The number of ether oxygens (including phenoxy) is 1. The molecular weight excluding hydrogens is 214 g/mol. The summed E-state index contributed by atoms with van der Waals surface area (Å²) in [5, 5.41) is 3.40. The van der Waals surface area contributed by atoms with Gasteiger partial charge in [0.15, 0.2) is 0 Å². The molecule has 0 aromatic heterocycles. The van der Waals surface area contributed by atoms with Crippen LogP contribution in [0.5, 0.6) is 0 Å². The van der Waals surface area contributed by atoms with Crippen molar-refractivity contribution in [2.45, 2.75) is 27.2 Å². The van der Waals surface area contributed by atoms with Crippen LogP contribution in [0.1, 0.15) is 36.2 Å². The van der Waals surface area contributed by atoms with Crippen LogP contribution in [0.3, 0.4) is 0 Å². The minimum Gasteiger partial charge on any atom is -0.465 e. The normalized spacial score (nSPS) is 12.0. The van der Waals surface area contributed by atoms with Gasteiger partial charge in [0.2, 0.25) is 0 Å². The number of methoxy groups -OCH3 is 1. The predicted octanol–water partition coefficient (Wildman–Crippen LogP) is 3.24. The summed E-state index contributed by atoms with van der Waals surface area (Å²) in [4.78, 5) is 11.3. The fourth-order valence-corrected chi connectivity index (χ4v) is 1.54. The molecule has 1 aromatic rings. The largest absolute Gasteiger partial charge is 0.465 e. The SMILES string of the molecule is CCC(C)CNc1ccc(C(=O)OC)cc1C. The van der Waals surface area contributed by atoms with Gasteiger partial charge in [0.1, 0.15) is 0 Å². The molecule has 0 radical (unpaired) electrons. The highest BCUT2D eigenvalue weighted by Gasteiger charge is 2.07. The average molecular weight is 235 g/mol. The van der Waals surface area contributed by atoms with Crippen LogP contribution in [0.4, 0.5) is 5.69 Å². The first-order chi connectivity index (χ1) is 8.08. The number of esters is 1. The molecule has 1 atom stereocenters. The first kappa shape index (κ1) is 13.6. The van der Waals surface area contributed by atoms with Crippen LogP contribution in [-0.2, 0) is 4.74 Å². The van der Waals surface area contributed by atoms with Crippen LogP contribution in [0.15, 0.2) is 18.2 Å². The summed E-state index contributed by atoms with van der Waals surface area (Å²) in [5.41, 5.74) is 2.74. The summed E-state index contributed by atoms with van der Waals surface area (Å²) in [5.74, 6) is 0.358. The summed E-state index contributed by atoms with van der Waals surface area (Å²) < 4.78 is 4.69. The minimum atomic E-state index is -0.290. The Bertz CT molecular complexity index is 388. The molecule has 0 bridgehead atoms. The lowest BCUT2D eigenvalue weighted by molar-refractivity contribution is 0.0600. The molecule has 1 N–H and O–H groups in total. The van der Waals surface area contributed by atoms with E-state index in [1.807, 2.05) is 19.1 Å². The lowest BCUT2D eigenvalue weighted by atomic mass is 10.1. The van der Waals surface area contributed by atoms with Crippen LogP contribution in [-0.4, -0.2) is 19.6 Å². The number of hydrogen-bond donors (Lipinski definition) is 1. The maximum absolute atomic E-state index is 11.3. The first-order valence-electron chi connectivity index (χ1n) is 6.01. The molecule has 94 valence electrons. The van der Waals surface area contributed by atoms with Crippen LogP contribution in [0, 0.1) is 12.8 Å². The fourth-order valence-electron chi connectivity index (χ4n) is 1.54. The Hall–Kier alpha value is -1.51. The minimum absolute atomic E-state index is 0.290. The number of hydrogen-bond acceptors (Lipinski definition) is 3. The maximum Gasteiger partial charge on any atom is 0.337 e. The Morgan fingerprint density at radius 3 is 2.71 bits per heavy atom. The summed E-state index contributed by atoms with van der Waals surface area (Å²) in [6, 6.07) is 5.58. The predicted molar refractivity (Wildman–Crippen MR) is 70.5 cm³/mol. The summed E-state index contributed by atoms with van der Waals surface area (Å²) in [6.07, 6.45) is 1.16. The number of rotatable bonds is 5. The van der Waals surface area contributed by atoms with Crippen LogP contribution in [0.2, 0.25) is 0 Å². The molecule has 3 heteroatoms. The average Bonchev–Trinajstić information content (AvgIpc) is 2.35. The molecule has 0 saturated carbocycles. The Kier molecular flexibility index (Phi) is 5.01. The summed E-state index contributed by atoms with van der Waals surface area (Å²) >= 11 is 0. The van der Waals surface area contributed by atoms with Crippen molar-refractivity contribution >= 4 is 11.7 Å². The van der Waals surface area contributed by atoms with Gasteiger partial charge in [0.25, 0.3) is 0 Å². The molecule has 0 saturated heterocycles. The van der Waals surface area contributed by atoms with Gasteiger partial charge in [-0.15, -0.1) is 0 Å². The fraction of sp³-hybridized carbons (Fsp3) is 0.500. The van der Waals surface area contributed by atoms with Gasteiger partial charge in [-0.3, -0.25) is 0 Å². The summed E-state index contributed by atoms with van der Waals surface area (Å²) in [7, 11) is 1.40. The number of benzene rings is 1. The van der Waals surface area contributed by atoms with E-state index in [1.54, 1.807) is 6.07 Å². The van der Waals surface area contributed by atoms with Gasteiger partial charge in [-0.1, -0.05) is 20.3 Å². The summed E-state index contributed by atoms with van der Waals surface area (Å²) in [6.45, 7) is 7.34. The van der Waals surface area contributed by atoms with E-state index < -0.39 is 0 Å². The van der Waals surface area contributed by atoms with Gasteiger partial charge in [-0.25, -0.2) is 4.79 Å². The van der Waals surface area contributed by atoms with Gasteiger partial charge in [0.05, 0.1) is 12.7 Å². The molecule has 1 unspecified atom stereocenters. The van der Waals surface area contributed by atoms with Crippen molar-refractivity contribution in [2.24, 2.45) is 5.92 Å². The first-order valence-corrected chi connectivity index (χ1v) is 6.01. The van der Waals surface area contributed by atoms with Gasteiger partial charge in [0, 0.05) is 12.2 Å². The van der Waals surface area contributed by atoms with E-state index in [4.69, 9.17) is 0 Å². The van der Waals surface area contributed by atoms with E-state index in [0.717, 1.165) is 24.2 Å². The highest BCUT2D eigenvalue weighted by Crippen LogP contribution is 2.17. The molecular formula is C14H21NO2. The number of carbonyl (C=O) groups is 1. The Morgan fingerprint density at radius 2 is 2.18 bits per heavy atom. The van der Waals surface area contributed by atoms with Crippen molar-refractivity contribution in [3.05, 3.63) is 29.3 Å².